The van der Waals surface area contributed by atoms with Crippen LogP contribution in [0.1, 0.15) is 43.9 Å². The molecule has 41 heavy (non-hydrogen) atoms. The number of amides is 4. The average molecular weight is 561 g/mol. The average Bonchev–Trinajstić information content (AvgIpc) is 2.93. The third-order valence-corrected chi connectivity index (χ3v) is 6.13. The van der Waals surface area contributed by atoms with Gasteiger partial charge in [0.15, 0.2) is 6.61 Å². The quantitative estimate of drug-likeness (QED) is 0.201. The molecule has 0 aliphatic heterocycles. The number of benzene rings is 3. The van der Waals surface area contributed by atoms with Gasteiger partial charge < -0.3 is 31.1 Å². The summed E-state index contributed by atoms with van der Waals surface area (Å²) >= 11 is 0. The Kier molecular flexibility index (Phi) is 11.3. The number of ether oxygens (including phenoxy) is 1. The van der Waals surface area contributed by atoms with Gasteiger partial charge >= 0.3 is 12.0 Å². The van der Waals surface area contributed by atoms with Gasteiger partial charge in [0, 0.05) is 11.4 Å². The number of carbonyl (C=O) groups excluding carboxylic acids is 3. The van der Waals surface area contributed by atoms with Crippen LogP contribution in [0.3, 0.4) is 0 Å². The van der Waals surface area contributed by atoms with E-state index in [1.807, 2.05) is 45.0 Å². The molecule has 0 aliphatic rings. The van der Waals surface area contributed by atoms with Crippen molar-refractivity contribution in [1.82, 2.24) is 10.6 Å². The lowest BCUT2D eigenvalue weighted by molar-refractivity contribution is -0.138. The molecule has 0 saturated carbocycles. The van der Waals surface area contributed by atoms with Crippen molar-refractivity contribution in [2.45, 2.75) is 45.7 Å². The maximum absolute atomic E-state index is 13.1. The number of para-hydroxylation sites is 1. The minimum Gasteiger partial charge on any atom is -0.484 e. The standard InChI is InChI=1S/C31H36N4O6/c1-20(2)17-27(30(39)34-26(18-29(37)38)22-10-5-4-6-11-22)33-28(36)19-41-24-15-13-23(14-16-24)32-31(40)35-25-12-8-7-9-21(25)3/h4-16,20,26-27H,17-19H2,1-3H3,(H,33,36)(H,34,39)(H,37,38)(H2,32,35,40). The minimum atomic E-state index is -1.05. The molecule has 5 N–H and O–H groups in total. The molecule has 216 valence electrons. The van der Waals surface area contributed by atoms with Crippen LogP contribution in [0.25, 0.3) is 0 Å². The van der Waals surface area contributed by atoms with Gasteiger partial charge in [0.1, 0.15) is 11.8 Å². The number of hydrogen-bond donors (Lipinski definition) is 5. The number of aliphatic carboxylic acids is 1. The molecule has 0 heterocycles. The Labute approximate surface area is 239 Å². The molecular weight excluding hydrogens is 524 g/mol. The molecule has 10 heteroatoms. The van der Waals surface area contributed by atoms with Gasteiger partial charge in [-0.2, -0.15) is 0 Å². The van der Waals surface area contributed by atoms with Crippen molar-refractivity contribution in [2.24, 2.45) is 5.92 Å². The Morgan fingerprint density at radius 3 is 2.12 bits per heavy atom. The number of rotatable bonds is 13. The van der Waals surface area contributed by atoms with Crippen molar-refractivity contribution in [1.29, 1.82) is 0 Å². The molecule has 3 aromatic carbocycles. The van der Waals surface area contributed by atoms with Crippen molar-refractivity contribution < 1.29 is 29.0 Å². The molecule has 0 bridgehead atoms. The first-order chi connectivity index (χ1) is 19.6. The molecule has 3 rings (SSSR count). The molecule has 0 fully saturated rings. The van der Waals surface area contributed by atoms with Gasteiger partial charge in [0.2, 0.25) is 5.91 Å². The zero-order chi connectivity index (χ0) is 29.8. The van der Waals surface area contributed by atoms with Crippen LogP contribution in [0.5, 0.6) is 5.75 Å². The fourth-order valence-corrected chi connectivity index (χ4v) is 4.10. The third kappa shape index (κ3) is 10.3. The van der Waals surface area contributed by atoms with Crippen LogP contribution in [-0.2, 0) is 14.4 Å². The molecule has 0 saturated heterocycles. The van der Waals surface area contributed by atoms with Crippen molar-refractivity contribution in [2.75, 3.05) is 17.2 Å². The van der Waals surface area contributed by atoms with E-state index in [0.717, 1.165) is 5.56 Å². The van der Waals surface area contributed by atoms with E-state index in [4.69, 9.17) is 4.74 Å². The summed E-state index contributed by atoms with van der Waals surface area (Å²) in [5.41, 5.74) is 2.84. The summed E-state index contributed by atoms with van der Waals surface area (Å²) in [5.74, 6) is -1.53. The van der Waals surface area contributed by atoms with Crippen molar-refractivity contribution in [3.63, 3.8) is 0 Å². The number of hydrogen-bond acceptors (Lipinski definition) is 5. The van der Waals surface area contributed by atoms with Crippen LogP contribution in [0.2, 0.25) is 0 Å². The molecule has 3 aromatic rings. The summed E-state index contributed by atoms with van der Waals surface area (Å²) in [7, 11) is 0. The normalized spacial score (nSPS) is 12.1. The fraction of sp³-hybridized carbons (Fsp3) is 0.290. The van der Waals surface area contributed by atoms with E-state index < -0.39 is 29.9 Å². The second-order valence-electron chi connectivity index (χ2n) is 10.0. The SMILES string of the molecule is Cc1ccccc1NC(=O)Nc1ccc(OCC(=O)NC(CC(C)C)C(=O)NC(CC(=O)O)c2ccccc2)cc1. The Balaban J connectivity index is 1.54. The Morgan fingerprint density at radius 2 is 1.49 bits per heavy atom. The van der Waals surface area contributed by atoms with E-state index in [1.165, 1.54) is 0 Å². The Morgan fingerprint density at radius 1 is 0.829 bits per heavy atom. The highest BCUT2D eigenvalue weighted by Crippen LogP contribution is 2.19. The molecule has 10 nitrogen and oxygen atoms in total. The van der Waals surface area contributed by atoms with E-state index in [-0.39, 0.29) is 25.0 Å². The fourth-order valence-electron chi connectivity index (χ4n) is 4.10. The third-order valence-electron chi connectivity index (χ3n) is 6.13. The number of carbonyl (C=O) groups is 4. The monoisotopic (exact) mass is 560 g/mol. The second-order valence-corrected chi connectivity index (χ2v) is 10.0. The van der Waals surface area contributed by atoms with Gasteiger partial charge in [-0.3, -0.25) is 14.4 Å². The summed E-state index contributed by atoms with van der Waals surface area (Å²) in [6.45, 7) is 5.41. The molecule has 2 atom stereocenters. The van der Waals surface area contributed by atoms with E-state index in [9.17, 15) is 24.3 Å². The molecule has 2 unspecified atom stereocenters. The van der Waals surface area contributed by atoms with Crippen LogP contribution < -0.4 is 26.0 Å². The van der Waals surface area contributed by atoms with E-state index in [1.54, 1.807) is 54.6 Å². The summed E-state index contributed by atoms with van der Waals surface area (Å²) in [6, 6.07) is 20.8. The second kappa shape index (κ2) is 15.1. The topological polar surface area (TPSA) is 146 Å². The highest BCUT2D eigenvalue weighted by atomic mass is 16.5. The first-order valence-corrected chi connectivity index (χ1v) is 13.3. The predicted octanol–water partition coefficient (Wildman–Crippen LogP) is 4.88. The van der Waals surface area contributed by atoms with Crippen molar-refractivity contribution in [3.05, 3.63) is 90.0 Å². The van der Waals surface area contributed by atoms with Gasteiger partial charge in [-0.1, -0.05) is 62.4 Å². The molecule has 0 aliphatic carbocycles. The predicted molar refractivity (Wildman–Crippen MR) is 157 cm³/mol. The zero-order valence-corrected chi connectivity index (χ0v) is 23.3. The summed E-state index contributed by atoms with van der Waals surface area (Å²) in [6.07, 6.45) is 0.0662. The summed E-state index contributed by atoms with van der Waals surface area (Å²) < 4.78 is 5.58. The lowest BCUT2D eigenvalue weighted by atomic mass is 10.00. The maximum atomic E-state index is 13.1. The number of nitrogens with one attached hydrogen (secondary N) is 4. The van der Waals surface area contributed by atoms with Crippen LogP contribution in [0, 0.1) is 12.8 Å². The molecule has 0 spiro atoms. The first kappa shape index (κ1) is 30.7. The van der Waals surface area contributed by atoms with Crippen molar-refractivity contribution in [3.8, 4) is 5.75 Å². The minimum absolute atomic E-state index is 0.0877. The molecule has 4 amide bonds. The van der Waals surface area contributed by atoms with Crippen LogP contribution in [-0.4, -0.2) is 41.6 Å². The zero-order valence-electron chi connectivity index (χ0n) is 23.3. The summed E-state index contributed by atoms with van der Waals surface area (Å²) in [5, 5.41) is 20.3. The van der Waals surface area contributed by atoms with E-state index in [2.05, 4.69) is 21.3 Å². The van der Waals surface area contributed by atoms with Gasteiger partial charge in [-0.25, -0.2) is 4.79 Å². The Hall–Kier alpha value is -4.86. The first-order valence-electron chi connectivity index (χ1n) is 13.3. The summed E-state index contributed by atoms with van der Waals surface area (Å²) in [4.78, 5) is 49.5. The van der Waals surface area contributed by atoms with E-state index >= 15 is 0 Å². The number of carboxylic acids is 1. The Bertz CT molecular complexity index is 1330. The lowest BCUT2D eigenvalue weighted by Crippen LogP contribution is -2.49. The van der Waals surface area contributed by atoms with E-state index in [0.29, 0.717) is 29.1 Å². The van der Waals surface area contributed by atoms with Crippen molar-refractivity contribution >= 4 is 35.2 Å². The highest BCUT2D eigenvalue weighted by Gasteiger charge is 2.26. The largest absolute Gasteiger partial charge is 0.484 e. The molecule has 0 radical (unpaired) electrons. The lowest BCUT2D eigenvalue weighted by Gasteiger charge is -2.24. The van der Waals surface area contributed by atoms with Crippen LogP contribution in [0.15, 0.2) is 78.9 Å². The number of urea groups is 1. The van der Waals surface area contributed by atoms with Gasteiger partial charge in [-0.15, -0.1) is 0 Å². The van der Waals surface area contributed by atoms with Crippen LogP contribution in [0.4, 0.5) is 16.2 Å². The maximum Gasteiger partial charge on any atom is 0.323 e. The number of carboxylic acid groups (broad SMARTS) is 1. The smallest absolute Gasteiger partial charge is 0.323 e. The van der Waals surface area contributed by atoms with Gasteiger partial charge in [-0.05, 0) is 60.7 Å². The number of aryl methyl sites for hydroxylation is 1. The molecule has 0 aromatic heterocycles. The van der Waals surface area contributed by atoms with Gasteiger partial charge in [0.05, 0.1) is 12.5 Å². The number of anilines is 2. The van der Waals surface area contributed by atoms with Gasteiger partial charge in [0.25, 0.3) is 5.91 Å². The molecular formula is C31H36N4O6. The highest BCUT2D eigenvalue weighted by molar-refractivity contribution is 6.00. The van der Waals surface area contributed by atoms with Crippen LogP contribution >= 0.6 is 0 Å².